The van der Waals surface area contributed by atoms with E-state index < -0.39 is 5.97 Å². The number of hydrogen-bond acceptors (Lipinski definition) is 4. The van der Waals surface area contributed by atoms with Gasteiger partial charge in [0.15, 0.2) is 4.96 Å². The van der Waals surface area contributed by atoms with Crippen molar-refractivity contribution in [3.05, 3.63) is 54.2 Å². The number of aromatic carboxylic acids is 1. The van der Waals surface area contributed by atoms with Crippen LogP contribution in [-0.4, -0.2) is 27.1 Å². The number of imidazole rings is 1. The molecule has 6 heteroatoms. The maximum Gasteiger partial charge on any atom is 0.335 e. The molecule has 120 valence electrons. The monoisotopic (exact) mass is 338 g/mol. The van der Waals surface area contributed by atoms with E-state index in [0.717, 1.165) is 32.2 Å². The zero-order chi connectivity index (χ0) is 16.7. The van der Waals surface area contributed by atoms with Gasteiger partial charge in [-0.2, -0.15) is 0 Å². The highest BCUT2D eigenvalue weighted by atomic mass is 32.1. The van der Waals surface area contributed by atoms with Crippen LogP contribution in [0.4, 0.5) is 0 Å². The Kier molecular flexibility index (Phi) is 3.46. The quantitative estimate of drug-likeness (QED) is 0.602. The maximum absolute atomic E-state index is 11.1. The van der Waals surface area contributed by atoms with Crippen LogP contribution in [0, 0.1) is 0 Å². The number of carboxylic acids is 1. The van der Waals surface area contributed by atoms with E-state index >= 15 is 0 Å². The van der Waals surface area contributed by atoms with Crippen LogP contribution in [0.25, 0.3) is 26.4 Å². The standard InChI is InChI=1S/C18H14N2O3S/c1-2-23-13-6-3-11(4-7-13)14-10-20-15-8-5-12(17(21)22)9-16(15)24-18(20)19-14/h3-10H,2H2,1H3,(H,21,22). The van der Waals surface area contributed by atoms with Crippen molar-refractivity contribution in [2.75, 3.05) is 6.61 Å². The Bertz CT molecular complexity index is 1050. The number of hydrogen-bond donors (Lipinski definition) is 1. The smallest absolute Gasteiger partial charge is 0.335 e. The largest absolute Gasteiger partial charge is 0.494 e. The summed E-state index contributed by atoms with van der Waals surface area (Å²) in [4.78, 5) is 16.6. The first-order valence-corrected chi connectivity index (χ1v) is 8.35. The fourth-order valence-electron chi connectivity index (χ4n) is 2.66. The minimum absolute atomic E-state index is 0.290. The lowest BCUT2D eigenvalue weighted by atomic mass is 10.1. The van der Waals surface area contributed by atoms with Gasteiger partial charge in [0.1, 0.15) is 5.75 Å². The van der Waals surface area contributed by atoms with Crippen molar-refractivity contribution in [3.63, 3.8) is 0 Å². The number of nitrogens with zero attached hydrogens (tertiary/aromatic N) is 2. The first-order chi connectivity index (χ1) is 11.7. The van der Waals surface area contributed by atoms with Crippen molar-refractivity contribution in [1.82, 2.24) is 9.38 Å². The van der Waals surface area contributed by atoms with E-state index in [1.54, 1.807) is 12.1 Å². The summed E-state index contributed by atoms with van der Waals surface area (Å²) in [6.45, 7) is 2.60. The Morgan fingerprint density at radius 2 is 2.04 bits per heavy atom. The number of rotatable bonds is 4. The van der Waals surface area contributed by atoms with Crippen molar-refractivity contribution < 1.29 is 14.6 Å². The van der Waals surface area contributed by atoms with Gasteiger partial charge in [-0.25, -0.2) is 9.78 Å². The van der Waals surface area contributed by atoms with E-state index in [1.807, 2.05) is 47.9 Å². The van der Waals surface area contributed by atoms with E-state index in [0.29, 0.717) is 12.2 Å². The average Bonchev–Trinajstić information content (AvgIpc) is 3.13. The molecule has 2 heterocycles. The molecule has 0 fully saturated rings. The summed E-state index contributed by atoms with van der Waals surface area (Å²) >= 11 is 1.48. The first-order valence-electron chi connectivity index (χ1n) is 7.54. The number of fused-ring (bicyclic) bond motifs is 3. The van der Waals surface area contributed by atoms with Crippen molar-refractivity contribution >= 4 is 32.5 Å². The number of carboxylic acid groups (broad SMARTS) is 1. The molecule has 4 aromatic rings. The summed E-state index contributed by atoms with van der Waals surface area (Å²) in [5.74, 6) is -0.0769. The topological polar surface area (TPSA) is 63.8 Å². The van der Waals surface area contributed by atoms with Gasteiger partial charge in [0.05, 0.1) is 28.1 Å². The summed E-state index contributed by atoms with van der Waals surface area (Å²) in [7, 11) is 0. The molecule has 0 aliphatic rings. The van der Waals surface area contributed by atoms with Gasteiger partial charge in [-0.15, -0.1) is 0 Å². The molecule has 2 aromatic carbocycles. The van der Waals surface area contributed by atoms with Crippen LogP contribution in [0.5, 0.6) is 5.75 Å². The van der Waals surface area contributed by atoms with Crippen LogP contribution < -0.4 is 4.74 Å². The second-order valence-corrected chi connectivity index (χ2v) is 6.33. The van der Waals surface area contributed by atoms with Crippen molar-refractivity contribution in [2.45, 2.75) is 6.92 Å². The van der Waals surface area contributed by atoms with Gasteiger partial charge in [-0.1, -0.05) is 11.3 Å². The van der Waals surface area contributed by atoms with Crippen molar-refractivity contribution in [1.29, 1.82) is 0 Å². The molecule has 0 radical (unpaired) electrons. The van der Waals surface area contributed by atoms with E-state index in [9.17, 15) is 4.79 Å². The SMILES string of the molecule is CCOc1ccc(-c2cn3c(n2)sc2cc(C(=O)O)ccc23)cc1. The van der Waals surface area contributed by atoms with Crippen LogP contribution in [0.1, 0.15) is 17.3 Å². The molecule has 0 atom stereocenters. The van der Waals surface area contributed by atoms with Gasteiger partial charge >= 0.3 is 5.97 Å². The molecule has 0 unspecified atom stereocenters. The van der Waals surface area contributed by atoms with Crippen molar-refractivity contribution in [2.24, 2.45) is 0 Å². The molecule has 0 saturated carbocycles. The molecule has 0 amide bonds. The molecule has 2 aromatic heterocycles. The van der Waals surface area contributed by atoms with Crippen molar-refractivity contribution in [3.8, 4) is 17.0 Å². The highest BCUT2D eigenvalue weighted by Gasteiger charge is 2.12. The number of carbonyl (C=O) groups is 1. The predicted molar refractivity (Wildman–Crippen MR) is 94.1 cm³/mol. The third kappa shape index (κ3) is 2.41. The molecule has 0 saturated heterocycles. The zero-order valence-corrected chi connectivity index (χ0v) is 13.7. The van der Waals surface area contributed by atoms with E-state index in [2.05, 4.69) is 4.98 Å². The Labute approximate surface area is 141 Å². The lowest BCUT2D eigenvalue weighted by molar-refractivity contribution is 0.0697. The number of benzene rings is 2. The van der Waals surface area contributed by atoms with E-state index in [1.165, 1.54) is 11.3 Å². The van der Waals surface area contributed by atoms with Gasteiger partial charge in [0.25, 0.3) is 0 Å². The summed E-state index contributed by atoms with van der Waals surface area (Å²) in [6, 6.07) is 13.0. The second-order valence-electron chi connectivity index (χ2n) is 5.33. The molecule has 24 heavy (non-hydrogen) atoms. The molecular weight excluding hydrogens is 324 g/mol. The fraction of sp³-hybridized carbons (Fsp3) is 0.111. The summed E-state index contributed by atoms with van der Waals surface area (Å²) in [6.07, 6.45) is 1.98. The third-order valence-corrected chi connectivity index (χ3v) is 4.82. The van der Waals surface area contributed by atoms with Gasteiger partial charge in [0.2, 0.25) is 0 Å². The number of thiazole rings is 1. The number of aromatic nitrogens is 2. The molecular formula is C18H14N2O3S. The van der Waals surface area contributed by atoms with Crippen LogP contribution in [0.3, 0.4) is 0 Å². The van der Waals surface area contributed by atoms with Crippen LogP contribution in [0.2, 0.25) is 0 Å². The van der Waals surface area contributed by atoms with Gasteiger partial charge in [0, 0.05) is 11.8 Å². The van der Waals surface area contributed by atoms with Crippen LogP contribution >= 0.6 is 11.3 Å². The fourth-order valence-corrected chi connectivity index (χ4v) is 3.71. The highest BCUT2D eigenvalue weighted by Crippen LogP contribution is 2.30. The lowest BCUT2D eigenvalue weighted by Gasteiger charge is -2.03. The molecule has 0 spiro atoms. The molecule has 4 rings (SSSR count). The van der Waals surface area contributed by atoms with Gasteiger partial charge in [-0.05, 0) is 49.4 Å². The van der Waals surface area contributed by atoms with E-state index in [4.69, 9.17) is 9.84 Å². The minimum Gasteiger partial charge on any atom is -0.494 e. The maximum atomic E-state index is 11.1. The van der Waals surface area contributed by atoms with E-state index in [-0.39, 0.29) is 0 Å². The molecule has 0 aliphatic heterocycles. The first kappa shape index (κ1) is 14.7. The Morgan fingerprint density at radius 3 is 2.75 bits per heavy atom. The molecule has 0 aliphatic carbocycles. The predicted octanol–water partition coefficient (Wildman–Crippen LogP) is 4.31. The Hall–Kier alpha value is -2.86. The lowest BCUT2D eigenvalue weighted by Crippen LogP contribution is -1.94. The van der Waals surface area contributed by atoms with Gasteiger partial charge < -0.3 is 9.84 Å². The normalized spacial score (nSPS) is 11.2. The summed E-state index contributed by atoms with van der Waals surface area (Å²) in [5.41, 5.74) is 3.15. The summed E-state index contributed by atoms with van der Waals surface area (Å²) in [5, 5.41) is 9.10. The Balaban J connectivity index is 1.77. The zero-order valence-electron chi connectivity index (χ0n) is 12.9. The van der Waals surface area contributed by atoms with Crippen LogP contribution in [0.15, 0.2) is 48.7 Å². The second kappa shape index (κ2) is 5.65. The molecule has 1 N–H and O–H groups in total. The highest BCUT2D eigenvalue weighted by molar-refractivity contribution is 7.23. The molecule has 5 nitrogen and oxygen atoms in total. The average molecular weight is 338 g/mol. The van der Waals surface area contributed by atoms with Gasteiger partial charge in [-0.3, -0.25) is 4.40 Å². The third-order valence-electron chi connectivity index (χ3n) is 3.80. The molecule has 0 bridgehead atoms. The van der Waals surface area contributed by atoms with Crippen LogP contribution in [-0.2, 0) is 0 Å². The number of ether oxygens (including phenoxy) is 1. The Morgan fingerprint density at radius 1 is 1.25 bits per heavy atom. The summed E-state index contributed by atoms with van der Waals surface area (Å²) < 4.78 is 8.37. The minimum atomic E-state index is -0.919.